The standard InChI is InChI=1S/C13H27N3O/c1-7-14-12(15-8-2)16-10-9(3)11(17-6)13(10,4)5/h9-11H,7-8H2,1-6H3,(H2,14,15,16). The summed E-state index contributed by atoms with van der Waals surface area (Å²) in [6.45, 7) is 12.5. The highest BCUT2D eigenvalue weighted by Gasteiger charge is 2.54. The van der Waals surface area contributed by atoms with Gasteiger partial charge in [0.2, 0.25) is 0 Å². The lowest BCUT2D eigenvalue weighted by Gasteiger charge is -2.56. The third-order valence-corrected chi connectivity index (χ3v) is 3.74. The fourth-order valence-electron chi connectivity index (χ4n) is 3.05. The van der Waals surface area contributed by atoms with Crippen LogP contribution in [-0.2, 0) is 4.74 Å². The summed E-state index contributed by atoms with van der Waals surface area (Å²) in [5.41, 5.74) is 0.151. The van der Waals surface area contributed by atoms with Crippen molar-refractivity contribution in [1.82, 2.24) is 10.6 Å². The van der Waals surface area contributed by atoms with Crippen LogP contribution in [0.15, 0.2) is 4.99 Å². The van der Waals surface area contributed by atoms with E-state index in [0.717, 1.165) is 19.0 Å². The van der Waals surface area contributed by atoms with Crippen molar-refractivity contribution in [1.29, 1.82) is 0 Å². The third-order valence-electron chi connectivity index (χ3n) is 3.74. The summed E-state index contributed by atoms with van der Waals surface area (Å²) in [5, 5.41) is 6.79. The zero-order chi connectivity index (χ0) is 13.1. The highest BCUT2D eigenvalue weighted by atomic mass is 16.5. The molecular formula is C13H27N3O. The molecule has 3 unspecified atom stereocenters. The molecule has 0 aromatic carbocycles. The van der Waals surface area contributed by atoms with Crippen LogP contribution >= 0.6 is 0 Å². The molecular weight excluding hydrogens is 214 g/mol. The Morgan fingerprint density at radius 2 is 2.00 bits per heavy atom. The lowest BCUT2D eigenvalue weighted by atomic mass is 9.58. The Morgan fingerprint density at radius 3 is 2.41 bits per heavy atom. The number of hydrogen-bond acceptors (Lipinski definition) is 2. The van der Waals surface area contributed by atoms with Crippen molar-refractivity contribution in [3.05, 3.63) is 0 Å². The molecule has 4 nitrogen and oxygen atoms in total. The quantitative estimate of drug-likeness (QED) is 0.581. The topological polar surface area (TPSA) is 45.7 Å². The maximum atomic E-state index is 5.55. The molecule has 0 saturated heterocycles. The zero-order valence-corrected chi connectivity index (χ0v) is 12.0. The van der Waals surface area contributed by atoms with Crippen LogP contribution < -0.4 is 10.6 Å². The van der Waals surface area contributed by atoms with E-state index in [4.69, 9.17) is 4.74 Å². The first-order valence-corrected chi connectivity index (χ1v) is 6.56. The van der Waals surface area contributed by atoms with Gasteiger partial charge in [-0.25, -0.2) is 0 Å². The van der Waals surface area contributed by atoms with Gasteiger partial charge in [-0.3, -0.25) is 4.99 Å². The smallest absolute Gasteiger partial charge is 0.191 e. The third kappa shape index (κ3) is 2.73. The minimum absolute atomic E-state index is 0.151. The Kier molecular flexibility index (Phi) is 4.80. The largest absolute Gasteiger partial charge is 0.380 e. The summed E-state index contributed by atoms with van der Waals surface area (Å²) in [6, 6.07) is 0.414. The Labute approximate surface area is 105 Å². The van der Waals surface area contributed by atoms with Gasteiger partial charge in [-0.2, -0.15) is 0 Å². The van der Waals surface area contributed by atoms with E-state index in [-0.39, 0.29) is 5.41 Å². The van der Waals surface area contributed by atoms with Gasteiger partial charge in [-0.1, -0.05) is 20.8 Å². The molecule has 100 valence electrons. The van der Waals surface area contributed by atoms with Crippen molar-refractivity contribution in [2.75, 3.05) is 20.2 Å². The van der Waals surface area contributed by atoms with E-state index in [1.165, 1.54) is 0 Å². The molecule has 0 amide bonds. The first kappa shape index (κ1) is 14.3. The molecule has 4 heteroatoms. The predicted molar refractivity (Wildman–Crippen MR) is 72.3 cm³/mol. The van der Waals surface area contributed by atoms with Crippen LogP contribution in [0.25, 0.3) is 0 Å². The van der Waals surface area contributed by atoms with Gasteiger partial charge >= 0.3 is 0 Å². The highest BCUT2D eigenvalue weighted by molar-refractivity contribution is 5.80. The van der Waals surface area contributed by atoms with Gasteiger partial charge in [0, 0.05) is 37.6 Å². The maximum Gasteiger partial charge on any atom is 0.191 e. The molecule has 1 fully saturated rings. The van der Waals surface area contributed by atoms with Gasteiger partial charge in [0.15, 0.2) is 5.96 Å². The van der Waals surface area contributed by atoms with E-state index in [9.17, 15) is 0 Å². The van der Waals surface area contributed by atoms with E-state index >= 15 is 0 Å². The average Bonchev–Trinajstić information content (AvgIpc) is 2.26. The van der Waals surface area contributed by atoms with E-state index in [0.29, 0.717) is 18.1 Å². The number of hydrogen-bond donors (Lipinski definition) is 2. The number of nitrogens with one attached hydrogen (secondary N) is 2. The molecule has 17 heavy (non-hydrogen) atoms. The minimum atomic E-state index is 0.151. The molecule has 1 saturated carbocycles. The highest BCUT2D eigenvalue weighted by Crippen LogP contribution is 2.46. The Balaban J connectivity index is 2.65. The molecule has 1 aliphatic rings. The molecule has 2 N–H and O–H groups in total. The molecule has 0 radical (unpaired) electrons. The van der Waals surface area contributed by atoms with E-state index in [2.05, 4.69) is 43.3 Å². The summed E-state index contributed by atoms with van der Waals surface area (Å²) < 4.78 is 5.55. The first-order chi connectivity index (χ1) is 7.98. The summed E-state index contributed by atoms with van der Waals surface area (Å²) in [4.78, 5) is 4.44. The van der Waals surface area contributed by atoms with Crippen molar-refractivity contribution < 1.29 is 4.74 Å². The SMILES string of the molecule is CCN=C(NCC)NC1C(C)C(OC)C1(C)C. The van der Waals surface area contributed by atoms with Crippen LogP contribution in [0, 0.1) is 11.3 Å². The van der Waals surface area contributed by atoms with Crippen LogP contribution in [-0.4, -0.2) is 38.3 Å². The Hall–Kier alpha value is -0.770. The molecule has 0 bridgehead atoms. The van der Waals surface area contributed by atoms with E-state index in [1.807, 2.05) is 6.92 Å². The second-order valence-corrected chi connectivity index (χ2v) is 5.31. The molecule has 1 rings (SSSR count). The van der Waals surface area contributed by atoms with Crippen molar-refractivity contribution in [2.24, 2.45) is 16.3 Å². The van der Waals surface area contributed by atoms with E-state index in [1.54, 1.807) is 7.11 Å². The lowest BCUT2D eigenvalue weighted by molar-refractivity contribution is -0.139. The normalized spacial score (nSPS) is 31.9. The van der Waals surface area contributed by atoms with Gasteiger partial charge in [-0.05, 0) is 13.8 Å². The molecule has 0 spiro atoms. The number of ether oxygens (including phenoxy) is 1. The lowest BCUT2D eigenvalue weighted by Crippen LogP contribution is -2.69. The summed E-state index contributed by atoms with van der Waals surface area (Å²) in [7, 11) is 1.80. The van der Waals surface area contributed by atoms with E-state index < -0.39 is 0 Å². The average molecular weight is 241 g/mol. The molecule has 1 aliphatic carbocycles. The second-order valence-electron chi connectivity index (χ2n) is 5.31. The van der Waals surface area contributed by atoms with Gasteiger partial charge in [0.1, 0.15) is 0 Å². The van der Waals surface area contributed by atoms with Gasteiger partial charge in [0.05, 0.1) is 6.10 Å². The summed E-state index contributed by atoms with van der Waals surface area (Å²) in [6.07, 6.45) is 0.324. The minimum Gasteiger partial charge on any atom is -0.380 e. The number of aliphatic imine (C=N–C) groups is 1. The molecule has 0 aromatic heterocycles. The fourth-order valence-corrected chi connectivity index (χ4v) is 3.05. The first-order valence-electron chi connectivity index (χ1n) is 6.56. The molecule has 0 aliphatic heterocycles. The second kappa shape index (κ2) is 5.71. The number of guanidine groups is 1. The van der Waals surface area contributed by atoms with Gasteiger partial charge in [-0.15, -0.1) is 0 Å². The van der Waals surface area contributed by atoms with Crippen molar-refractivity contribution in [3.63, 3.8) is 0 Å². The summed E-state index contributed by atoms with van der Waals surface area (Å²) in [5.74, 6) is 1.42. The predicted octanol–water partition coefficient (Wildman–Crippen LogP) is 1.62. The van der Waals surface area contributed by atoms with Crippen LogP contribution in [0.4, 0.5) is 0 Å². The number of rotatable bonds is 4. The monoisotopic (exact) mass is 241 g/mol. The van der Waals surface area contributed by atoms with Crippen molar-refractivity contribution in [3.8, 4) is 0 Å². The van der Waals surface area contributed by atoms with Crippen molar-refractivity contribution >= 4 is 5.96 Å². The zero-order valence-electron chi connectivity index (χ0n) is 12.0. The van der Waals surface area contributed by atoms with Crippen molar-refractivity contribution in [2.45, 2.75) is 46.8 Å². The van der Waals surface area contributed by atoms with Gasteiger partial charge < -0.3 is 15.4 Å². The summed E-state index contributed by atoms with van der Waals surface area (Å²) >= 11 is 0. The fraction of sp³-hybridized carbons (Fsp3) is 0.923. The number of nitrogens with zero attached hydrogens (tertiary/aromatic N) is 1. The van der Waals surface area contributed by atoms with Crippen LogP contribution in [0.5, 0.6) is 0 Å². The molecule has 0 heterocycles. The Morgan fingerprint density at radius 1 is 1.35 bits per heavy atom. The number of methoxy groups -OCH3 is 1. The van der Waals surface area contributed by atoms with Crippen LogP contribution in [0.1, 0.15) is 34.6 Å². The molecule has 3 atom stereocenters. The molecule has 0 aromatic rings. The maximum absolute atomic E-state index is 5.55. The van der Waals surface area contributed by atoms with Gasteiger partial charge in [0.25, 0.3) is 0 Å². The van der Waals surface area contributed by atoms with Crippen LogP contribution in [0.3, 0.4) is 0 Å². The Bertz CT molecular complexity index is 276. The van der Waals surface area contributed by atoms with Crippen LogP contribution in [0.2, 0.25) is 0 Å².